The molecule has 0 radical (unpaired) electrons. The number of hydrogen-bond acceptors (Lipinski definition) is 6. The molecular weight excluding hydrogens is 546 g/mol. The van der Waals surface area contributed by atoms with E-state index in [0.717, 1.165) is 11.1 Å². The summed E-state index contributed by atoms with van der Waals surface area (Å²) in [5.41, 5.74) is 7.90. The molecule has 3 heterocycles. The van der Waals surface area contributed by atoms with E-state index in [4.69, 9.17) is 10.2 Å². The molecule has 2 aliphatic rings. The maximum Gasteiger partial charge on any atom is 0.246 e. The van der Waals surface area contributed by atoms with Crippen LogP contribution in [0, 0.1) is 0 Å². The first-order chi connectivity index (χ1) is 20.8. The molecule has 2 fully saturated rings. The molecule has 226 valence electrons. The highest BCUT2D eigenvalue weighted by Gasteiger charge is 2.48. The van der Waals surface area contributed by atoms with Gasteiger partial charge in [0.25, 0.3) is 0 Å². The lowest BCUT2D eigenvalue weighted by molar-refractivity contribution is -0.147. The molecule has 3 aromatic rings. The van der Waals surface area contributed by atoms with E-state index in [-0.39, 0.29) is 30.1 Å². The number of likely N-dealkylation sites (N-methyl/N-ethyl adjacent to an activating group) is 1. The van der Waals surface area contributed by atoms with Gasteiger partial charge in [0.2, 0.25) is 23.6 Å². The SMILES string of the molecule is CNC(=O)[C@@H]1C[C@H](c2ccccc2)CN1C(=O)[C@@H]1C[C@H](c2ccccc2)CN1C(=O)[C@H](Cc1ccco1)NC(=O)[C@H](C)N. The fourth-order valence-electron chi connectivity index (χ4n) is 6.27. The van der Waals surface area contributed by atoms with E-state index in [1.807, 2.05) is 60.7 Å². The first kappa shape index (κ1) is 30.0. The van der Waals surface area contributed by atoms with E-state index < -0.39 is 36.0 Å². The molecule has 0 bridgehead atoms. The average molecular weight is 586 g/mol. The average Bonchev–Trinajstić information content (AvgIpc) is 3.81. The summed E-state index contributed by atoms with van der Waals surface area (Å²) in [5.74, 6) is -0.960. The third-order valence-corrected chi connectivity index (χ3v) is 8.56. The molecule has 0 aliphatic carbocycles. The zero-order valence-electron chi connectivity index (χ0n) is 24.5. The Balaban J connectivity index is 1.46. The standard InChI is InChI=1S/C33H39N5O5/c1-21(34)30(39)36-27(18-26-14-9-15-43-26)32(41)38-20-25(23-12-7-4-8-13-23)17-29(38)33(42)37-19-24(16-28(37)31(40)35-2)22-10-5-3-6-11-22/h3-15,21,24-25,27-29H,16-20,34H2,1-2H3,(H,35,40)(H,36,39)/t21-,24-,25-,27-,28-,29-/m0/s1. The normalized spacial score (nSPS) is 23.0. The highest BCUT2D eigenvalue weighted by atomic mass is 16.3. The van der Waals surface area contributed by atoms with Crippen LogP contribution in [0.4, 0.5) is 0 Å². The topological polar surface area (TPSA) is 138 Å². The minimum absolute atomic E-state index is 0.0139. The smallest absolute Gasteiger partial charge is 0.246 e. The molecule has 2 saturated heterocycles. The summed E-state index contributed by atoms with van der Waals surface area (Å²) in [6, 6.07) is 19.8. The van der Waals surface area contributed by atoms with E-state index in [0.29, 0.717) is 31.7 Å². The lowest BCUT2D eigenvalue weighted by atomic mass is 9.96. The molecule has 2 aromatic carbocycles. The van der Waals surface area contributed by atoms with Crippen molar-refractivity contribution in [2.45, 2.75) is 62.2 Å². The van der Waals surface area contributed by atoms with Crippen LogP contribution in [0.25, 0.3) is 0 Å². The fraction of sp³-hybridized carbons (Fsp3) is 0.394. The van der Waals surface area contributed by atoms with Gasteiger partial charge in [-0.05, 0) is 43.0 Å². The van der Waals surface area contributed by atoms with Gasteiger partial charge in [-0.15, -0.1) is 0 Å². The van der Waals surface area contributed by atoms with Crippen molar-refractivity contribution in [2.24, 2.45) is 5.73 Å². The summed E-state index contributed by atoms with van der Waals surface area (Å²) < 4.78 is 5.50. The van der Waals surface area contributed by atoms with Gasteiger partial charge in [-0.25, -0.2) is 0 Å². The number of furan rings is 1. The van der Waals surface area contributed by atoms with Crippen molar-refractivity contribution in [1.29, 1.82) is 0 Å². The van der Waals surface area contributed by atoms with E-state index in [2.05, 4.69) is 10.6 Å². The molecular formula is C33H39N5O5. The largest absolute Gasteiger partial charge is 0.469 e. The van der Waals surface area contributed by atoms with Crippen molar-refractivity contribution >= 4 is 23.6 Å². The van der Waals surface area contributed by atoms with Gasteiger partial charge in [0, 0.05) is 38.4 Å². The van der Waals surface area contributed by atoms with E-state index in [9.17, 15) is 19.2 Å². The van der Waals surface area contributed by atoms with E-state index in [1.54, 1.807) is 35.9 Å². The molecule has 10 heteroatoms. The Morgan fingerprint density at radius 3 is 1.98 bits per heavy atom. The Morgan fingerprint density at radius 1 is 0.860 bits per heavy atom. The number of nitrogens with two attached hydrogens (primary N) is 1. The number of amides is 4. The molecule has 5 rings (SSSR count). The molecule has 4 N–H and O–H groups in total. The van der Waals surface area contributed by atoms with Crippen molar-refractivity contribution in [3.05, 3.63) is 95.9 Å². The number of carbonyl (C=O) groups excluding carboxylic acids is 4. The molecule has 6 atom stereocenters. The lowest BCUT2D eigenvalue weighted by Crippen LogP contribution is -2.57. The highest BCUT2D eigenvalue weighted by Crippen LogP contribution is 2.37. The van der Waals surface area contributed by atoms with Crippen LogP contribution in [0.3, 0.4) is 0 Å². The second-order valence-corrected chi connectivity index (χ2v) is 11.4. The lowest BCUT2D eigenvalue weighted by Gasteiger charge is -2.32. The van der Waals surface area contributed by atoms with Gasteiger partial charge < -0.3 is 30.6 Å². The number of likely N-dealkylation sites (tertiary alicyclic amines) is 2. The van der Waals surface area contributed by atoms with E-state index in [1.165, 1.54) is 6.26 Å². The first-order valence-corrected chi connectivity index (χ1v) is 14.8. The van der Waals surface area contributed by atoms with Crippen LogP contribution in [-0.4, -0.2) is 77.7 Å². The molecule has 10 nitrogen and oxygen atoms in total. The van der Waals surface area contributed by atoms with Crippen molar-refractivity contribution < 1.29 is 23.6 Å². The van der Waals surface area contributed by atoms with Gasteiger partial charge in [0.15, 0.2) is 0 Å². The zero-order chi connectivity index (χ0) is 30.5. The summed E-state index contributed by atoms with van der Waals surface area (Å²) in [6.07, 6.45) is 2.51. The molecule has 1 aromatic heterocycles. The predicted octanol–water partition coefficient (Wildman–Crippen LogP) is 2.17. The van der Waals surface area contributed by atoms with Gasteiger partial charge in [0.1, 0.15) is 23.9 Å². The van der Waals surface area contributed by atoms with Crippen molar-refractivity contribution in [2.75, 3.05) is 20.1 Å². The number of nitrogens with zero attached hydrogens (tertiary/aromatic N) is 2. The quantitative estimate of drug-likeness (QED) is 0.352. The third-order valence-electron chi connectivity index (χ3n) is 8.56. The summed E-state index contributed by atoms with van der Waals surface area (Å²) in [5, 5.41) is 5.49. The predicted molar refractivity (Wildman–Crippen MR) is 161 cm³/mol. The summed E-state index contributed by atoms with van der Waals surface area (Å²) in [7, 11) is 1.57. The second kappa shape index (κ2) is 13.2. The van der Waals surface area contributed by atoms with Crippen LogP contribution in [0.15, 0.2) is 83.5 Å². The highest BCUT2D eigenvalue weighted by molar-refractivity contribution is 5.95. The molecule has 43 heavy (non-hydrogen) atoms. The Bertz CT molecular complexity index is 1410. The maximum atomic E-state index is 14.4. The van der Waals surface area contributed by atoms with Crippen LogP contribution < -0.4 is 16.4 Å². The molecule has 0 unspecified atom stereocenters. The van der Waals surface area contributed by atoms with Gasteiger partial charge in [0.05, 0.1) is 12.3 Å². The van der Waals surface area contributed by atoms with Gasteiger partial charge in [-0.1, -0.05) is 60.7 Å². The maximum absolute atomic E-state index is 14.4. The number of hydrogen-bond donors (Lipinski definition) is 3. The van der Waals surface area contributed by atoms with Crippen molar-refractivity contribution in [3.63, 3.8) is 0 Å². The summed E-state index contributed by atoms with van der Waals surface area (Å²) >= 11 is 0. The minimum Gasteiger partial charge on any atom is -0.469 e. The number of carbonyl (C=O) groups is 4. The van der Waals surface area contributed by atoms with Crippen LogP contribution in [0.1, 0.15) is 48.5 Å². The molecule has 0 saturated carbocycles. The Kier molecular flexibility index (Phi) is 9.25. The summed E-state index contributed by atoms with van der Waals surface area (Å²) in [4.78, 5) is 57.6. The minimum atomic E-state index is -0.986. The van der Waals surface area contributed by atoms with Crippen LogP contribution >= 0.6 is 0 Å². The van der Waals surface area contributed by atoms with Crippen molar-refractivity contribution in [1.82, 2.24) is 20.4 Å². The second-order valence-electron chi connectivity index (χ2n) is 11.4. The molecule has 0 spiro atoms. The Morgan fingerprint density at radius 2 is 1.44 bits per heavy atom. The molecule has 4 amide bonds. The third kappa shape index (κ3) is 6.64. The Hall–Kier alpha value is -4.44. The molecule has 2 aliphatic heterocycles. The Labute approximate surface area is 251 Å². The van der Waals surface area contributed by atoms with E-state index >= 15 is 0 Å². The zero-order valence-corrected chi connectivity index (χ0v) is 24.5. The number of benzene rings is 2. The number of nitrogens with one attached hydrogen (secondary N) is 2. The fourth-order valence-corrected chi connectivity index (χ4v) is 6.27. The summed E-state index contributed by atoms with van der Waals surface area (Å²) in [6.45, 7) is 2.21. The first-order valence-electron chi connectivity index (χ1n) is 14.8. The van der Waals surface area contributed by atoms with Crippen LogP contribution in [0.5, 0.6) is 0 Å². The monoisotopic (exact) mass is 585 g/mol. The van der Waals surface area contributed by atoms with Crippen LogP contribution in [-0.2, 0) is 25.6 Å². The van der Waals surface area contributed by atoms with Gasteiger partial charge >= 0.3 is 0 Å². The van der Waals surface area contributed by atoms with Gasteiger partial charge in [-0.3, -0.25) is 19.2 Å². The van der Waals surface area contributed by atoms with Crippen LogP contribution in [0.2, 0.25) is 0 Å². The van der Waals surface area contributed by atoms with Gasteiger partial charge in [-0.2, -0.15) is 0 Å². The van der Waals surface area contributed by atoms with Crippen molar-refractivity contribution in [3.8, 4) is 0 Å². The number of rotatable bonds is 9.